The first-order valence-corrected chi connectivity index (χ1v) is 4.86. The minimum Gasteiger partial charge on any atom is -0.448 e. The van der Waals surface area contributed by atoms with Crippen LogP contribution in [0.2, 0.25) is 0 Å². The molecule has 4 nitrogen and oxygen atoms in total. The third-order valence-electron chi connectivity index (χ3n) is 1.95. The molecule has 0 spiro atoms. The number of carbonyl (C=O) groups excluding carboxylic acids is 1. The average molecular weight is 196 g/mol. The van der Waals surface area contributed by atoms with Gasteiger partial charge in [0.05, 0.1) is 0 Å². The molecule has 0 saturated heterocycles. The summed E-state index contributed by atoms with van der Waals surface area (Å²) in [5, 5.41) is 2.85. The summed E-state index contributed by atoms with van der Waals surface area (Å²) in [4.78, 5) is 15.5. The highest BCUT2D eigenvalue weighted by molar-refractivity contribution is 5.92. The highest BCUT2D eigenvalue weighted by Crippen LogP contribution is 2.02. The normalized spacial score (nSPS) is 12.5. The quantitative estimate of drug-likeness (QED) is 0.800. The predicted molar refractivity (Wildman–Crippen MR) is 53.1 cm³/mol. The molecule has 4 heteroatoms. The molecule has 0 aliphatic carbocycles. The van der Waals surface area contributed by atoms with Crippen LogP contribution in [-0.2, 0) is 0 Å². The maximum Gasteiger partial charge on any atom is 0.273 e. The summed E-state index contributed by atoms with van der Waals surface area (Å²) in [7, 11) is 0. The highest BCUT2D eigenvalue weighted by Gasteiger charge is 2.12. The Morgan fingerprint density at radius 2 is 2.43 bits per heavy atom. The number of oxazole rings is 1. The van der Waals surface area contributed by atoms with Gasteiger partial charge < -0.3 is 9.73 Å². The Kier molecular flexibility index (Phi) is 3.68. The number of aryl methyl sites for hydroxylation is 1. The first-order valence-electron chi connectivity index (χ1n) is 4.86. The van der Waals surface area contributed by atoms with Crippen molar-refractivity contribution >= 4 is 5.91 Å². The van der Waals surface area contributed by atoms with Crippen LogP contribution in [0.3, 0.4) is 0 Å². The number of amides is 1. The molecule has 0 fully saturated rings. The molecule has 0 saturated carbocycles. The van der Waals surface area contributed by atoms with Crippen molar-refractivity contribution in [2.24, 2.45) is 0 Å². The molecule has 1 rings (SSSR count). The molecule has 1 heterocycles. The SMILES string of the molecule is CCC[C@H](C)NC(=O)c1coc(C)n1. The van der Waals surface area contributed by atoms with E-state index in [0.29, 0.717) is 11.6 Å². The second-order valence-electron chi connectivity index (χ2n) is 3.41. The molecular weight excluding hydrogens is 180 g/mol. The van der Waals surface area contributed by atoms with Crippen molar-refractivity contribution in [1.29, 1.82) is 0 Å². The van der Waals surface area contributed by atoms with Crippen LogP contribution in [0.15, 0.2) is 10.7 Å². The number of hydrogen-bond donors (Lipinski definition) is 1. The van der Waals surface area contributed by atoms with Gasteiger partial charge in [-0.05, 0) is 13.3 Å². The largest absolute Gasteiger partial charge is 0.448 e. The second kappa shape index (κ2) is 4.79. The number of nitrogens with zero attached hydrogens (tertiary/aromatic N) is 1. The van der Waals surface area contributed by atoms with Gasteiger partial charge in [0.2, 0.25) is 0 Å². The van der Waals surface area contributed by atoms with E-state index in [0.717, 1.165) is 12.8 Å². The Hall–Kier alpha value is -1.32. The summed E-state index contributed by atoms with van der Waals surface area (Å²) in [5.41, 5.74) is 0.352. The van der Waals surface area contributed by atoms with Crippen LogP contribution in [0.1, 0.15) is 43.1 Å². The monoisotopic (exact) mass is 196 g/mol. The van der Waals surface area contributed by atoms with Crippen molar-refractivity contribution < 1.29 is 9.21 Å². The molecule has 0 aliphatic rings. The van der Waals surface area contributed by atoms with Gasteiger partial charge in [-0.2, -0.15) is 0 Å². The Morgan fingerprint density at radius 1 is 1.71 bits per heavy atom. The average Bonchev–Trinajstić information content (AvgIpc) is 2.52. The fraction of sp³-hybridized carbons (Fsp3) is 0.600. The van der Waals surface area contributed by atoms with E-state index >= 15 is 0 Å². The van der Waals surface area contributed by atoms with Crippen LogP contribution in [0.5, 0.6) is 0 Å². The van der Waals surface area contributed by atoms with E-state index in [4.69, 9.17) is 4.42 Å². The highest BCUT2D eigenvalue weighted by atomic mass is 16.3. The van der Waals surface area contributed by atoms with Gasteiger partial charge in [0.1, 0.15) is 6.26 Å². The van der Waals surface area contributed by atoms with E-state index in [-0.39, 0.29) is 11.9 Å². The number of nitrogens with one attached hydrogen (secondary N) is 1. The topological polar surface area (TPSA) is 55.1 Å². The fourth-order valence-corrected chi connectivity index (χ4v) is 1.27. The van der Waals surface area contributed by atoms with Crippen LogP contribution in [-0.4, -0.2) is 16.9 Å². The zero-order valence-corrected chi connectivity index (χ0v) is 8.83. The van der Waals surface area contributed by atoms with E-state index in [1.165, 1.54) is 6.26 Å². The van der Waals surface area contributed by atoms with Gasteiger partial charge in [-0.25, -0.2) is 4.98 Å². The molecule has 0 aromatic carbocycles. The lowest BCUT2D eigenvalue weighted by molar-refractivity contribution is 0.0933. The summed E-state index contributed by atoms with van der Waals surface area (Å²) < 4.78 is 4.96. The van der Waals surface area contributed by atoms with E-state index < -0.39 is 0 Å². The summed E-state index contributed by atoms with van der Waals surface area (Å²) in [6, 6.07) is 0.185. The van der Waals surface area contributed by atoms with E-state index in [9.17, 15) is 4.79 Å². The molecule has 0 bridgehead atoms. The maximum atomic E-state index is 11.5. The molecular formula is C10H16N2O2. The molecule has 1 N–H and O–H groups in total. The molecule has 14 heavy (non-hydrogen) atoms. The first-order chi connectivity index (χ1) is 6.63. The molecule has 0 radical (unpaired) electrons. The Morgan fingerprint density at radius 3 is 2.93 bits per heavy atom. The standard InChI is InChI=1S/C10H16N2O2/c1-4-5-7(2)11-10(13)9-6-14-8(3)12-9/h6-7H,4-5H2,1-3H3,(H,11,13)/t7-/m0/s1. The Labute approximate surface area is 83.7 Å². The van der Waals surface area contributed by atoms with Gasteiger partial charge in [-0.1, -0.05) is 13.3 Å². The minimum atomic E-state index is -0.164. The third kappa shape index (κ3) is 2.87. The van der Waals surface area contributed by atoms with Gasteiger partial charge in [-0.15, -0.1) is 0 Å². The van der Waals surface area contributed by atoms with Crippen LogP contribution in [0, 0.1) is 6.92 Å². The van der Waals surface area contributed by atoms with Crippen molar-refractivity contribution in [3.8, 4) is 0 Å². The van der Waals surface area contributed by atoms with Crippen molar-refractivity contribution in [3.05, 3.63) is 17.8 Å². The second-order valence-corrected chi connectivity index (χ2v) is 3.41. The molecule has 0 unspecified atom stereocenters. The van der Waals surface area contributed by atoms with Crippen LogP contribution in [0.4, 0.5) is 0 Å². The van der Waals surface area contributed by atoms with Crippen LogP contribution < -0.4 is 5.32 Å². The smallest absolute Gasteiger partial charge is 0.273 e. The Bertz CT molecular complexity index is 307. The summed E-state index contributed by atoms with van der Waals surface area (Å²) in [6.45, 7) is 5.78. The molecule has 1 atom stereocenters. The van der Waals surface area contributed by atoms with E-state index in [1.807, 2.05) is 6.92 Å². The molecule has 1 aromatic heterocycles. The minimum absolute atomic E-state index is 0.164. The Balaban J connectivity index is 2.50. The van der Waals surface area contributed by atoms with Crippen molar-refractivity contribution in [2.45, 2.75) is 39.7 Å². The predicted octanol–water partition coefficient (Wildman–Crippen LogP) is 1.90. The van der Waals surface area contributed by atoms with Gasteiger partial charge in [0, 0.05) is 13.0 Å². The summed E-state index contributed by atoms with van der Waals surface area (Å²) >= 11 is 0. The van der Waals surface area contributed by atoms with Crippen LogP contribution in [0.25, 0.3) is 0 Å². The van der Waals surface area contributed by atoms with Gasteiger partial charge in [-0.3, -0.25) is 4.79 Å². The lowest BCUT2D eigenvalue weighted by Crippen LogP contribution is -2.32. The van der Waals surface area contributed by atoms with Gasteiger partial charge >= 0.3 is 0 Å². The molecule has 78 valence electrons. The zero-order valence-electron chi connectivity index (χ0n) is 8.83. The first kappa shape index (κ1) is 10.8. The van der Waals surface area contributed by atoms with Crippen LogP contribution >= 0.6 is 0 Å². The molecule has 0 aliphatic heterocycles. The third-order valence-corrected chi connectivity index (χ3v) is 1.95. The van der Waals surface area contributed by atoms with Crippen molar-refractivity contribution in [1.82, 2.24) is 10.3 Å². The lowest BCUT2D eigenvalue weighted by Gasteiger charge is -2.10. The molecule has 1 aromatic rings. The fourth-order valence-electron chi connectivity index (χ4n) is 1.27. The molecule has 1 amide bonds. The van der Waals surface area contributed by atoms with Gasteiger partial charge in [0.15, 0.2) is 11.6 Å². The van der Waals surface area contributed by atoms with Crippen molar-refractivity contribution in [3.63, 3.8) is 0 Å². The van der Waals surface area contributed by atoms with Gasteiger partial charge in [0.25, 0.3) is 5.91 Å². The lowest BCUT2D eigenvalue weighted by atomic mass is 10.2. The summed E-state index contributed by atoms with van der Waals surface area (Å²) in [6.07, 6.45) is 3.41. The number of hydrogen-bond acceptors (Lipinski definition) is 3. The maximum absolute atomic E-state index is 11.5. The number of rotatable bonds is 4. The zero-order chi connectivity index (χ0) is 10.6. The van der Waals surface area contributed by atoms with E-state index in [2.05, 4.69) is 17.2 Å². The summed E-state index contributed by atoms with van der Waals surface area (Å²) in [5.74, 6) is 0.348. The number of aromatic nitrogens is 1. The number of carbonyl (C=O) groups is 1. The van der Waals surface area contributed by atoms with E-state index in [1.54, 1.807) is 6.92 Å². The van der Waals surface area contributed by atoms with Crippen molar-refractivity contribution in [2.75, 3.05) is 0 Å².